The van der Waals surface area contributed by atoms with Crippen molar-refractivity contribution in [2.45, 2.75) is 77.9 Å². The van der Waals surface area contributed by atoms with Crippen molar-refractivity contribution in [2.75, 3.05) is 80.7 Å². The fourth-order valence-electron chi connectivity index (χ4n) is 9.62. The SMILES string of the molecule is CC1CCN(C(=O)c2ccc3c(c2)c2c(n3S(=O)(=O)N(C)C)CCN(C3CCOC3)C2)CC1.CC1CCN(C(=O)c2ccc3c(c2)c2c(n3S(=O)(=O)N(C)C)CCNC2)CC1. The van der Waals surface area contributed by atoms with Crippen molar-refractivity contribution in [1.82, 2.24) is 36.6 Å². The Balaban J connectivity index is 0.000000171. The third-order valence-electron chi connectivity index (χ3n) is 13.5. The molecule has 4 aromatic rings. The minimum atomic E-state index is -3.69. The second-order valence-electron chi connectivity index (χ2n) is 18.0. The Morgan fingerprint density at radius 1 is 0.672 bits per heavy atom. The molecule has 1 atom stereocenters. The van der Waals surface area contributed by atoms with Crippen LogP contribution in [0.2, 0.25) is 0 Å². The summed E-state index contributed by atoms with van der Waals surface area (Å²) < 4.78 is 63.6. The van der Waals surface area contributed by atoms with Crippen LogP contribution in [0, 0.1) is 11.8 Å². The zero-order chi connectivity index (χ0) is 43.4. The number of amides is 2. The van der Waals surface area contributed by atoms with Gasteiger partial charge in [-0.25, -0.2) is 7.94 Å². The molecule has 332 valence electrons. The van der Waals surface area contributed by atoms with Crippen molar-refractivity contribution in [3.8, 4) is 0 Å². The van der Waals surface area contributed by atoms with E-state index >= 15 is 0 Å². The first kappa shape index (κ1) is 43.8. The van der Waals surface area contributed by atoms with E-state index in [-0.39, 0.29) is 11.8 Å². The number of likely N-dealkylation sites (tertiary alicyclic amines) is 2. The average molecular weight is 879 g/mol. The normalized spacial score (nSPS) is 21.0. The van der Waals surface area contributed by atoms with Crippen molar-refractivity contribution in [3.63, 3.8) is 0 Å². The molecule has 5 aliphatic heterocycles. The van der Waals surface area contributed by atoms with Gasteiger partial charge in [-0.3, -0.25) is 14.5 Å². The summed E-state index contributed by atoms with van der Waals surface area (Å²) in [4.78, 5) is 32.5. The maximum absolute atomic E-state index is 13.3. The van der Waals surface area contributed by atoms with Crippen LogP contribution in [-0.4, -0.2) is 147 Å². The molecule has 0 aliphatic carbocycles. The number of hydrogen-bond acceptors (Lipinski definition) is 9. The Morgan fingerprint density at radius 3 is 1.64 bits per heavy atom. The highest BCUT2D eigenvalue weighted by molar-refractivity contribution is 7.88. The Hall–Kier alpha value is -3.84. The van der Waals surface area contributed by atoms with E-state index in [4.69, 9.17) is 4.74 Å². The zero-order valence-corrected chi connectivity index (χ0v) is 38.2. The molecule has 1 unspecified atom stereocenters. The monoisotopic (exact) mass is 878 g/mol. The fourth-order valence-corrected chi connectivity index (χ4v) is 12.0. The van der Waals surface area contributed by atoms with Crippen LogP contribution >= 0.6 is 0 Å². The van der Waals surface area contributed by atoms with Crippen molar-refractivity contribution in [1.29, 1.82) is 0 Å². The summed E-state index contributed by atoms with van der Waals surface area (Å²) in [5, 5.41) is 5.05. The van der Waals surface area contributed by atoms with Crippen molar-refractivity contribution < 1.29 is 31.2 Å². The van der Waals surface area contributed by atoms with Gasteiger partial charge in [0, 0.05) is 139 Å². The van der Waals surface area contributed by atoms with E-state index < -0.39 is 20.4 Å². The number of carbonyl (C=O) groups excluding carboxylic acids is 2. The number of ether oxygens (including phenoxy) is 1. The van der Waals surface area contributed by atoms with Gasteiger partial charge in [0.25, 0.3) is 11.8 Å². The molecule has 3 saturated heterocycles. The number of hydrogen-bond donors (Lipinski definition) is 1. The standard InChI is InChI=1S/C24H34N4O4S.C20H28N4O3S/c1-17-6-10-26(11-7-17)24(29)18-4-5-22-20(14-18)21-15-27(19-9-13-32-16-19)12-8-23(21)28(22)33(30,31)25(2)3;1-14-7-10-23(11-8-14)20(25)15-4-5-18-16(12-15)17-13-21-9-6-19(17)24(18)28(26,27)22(2)3/h4-5,14,17,19H,6-13,15-16H2,1-3H3;4-5,12,14,21H,6-11,13H2,1-3H3. The van der Waals surface area contributed by atoms with Crippen molar-refractivity contribution in [2.24, 2.45) is 11.8 Å². The zero-order valence-electron chi connectivity index (χ0n) is 36.5. The Kier molecular flexibility index (Phi) is 12.5. The third kappa shape index (κ3) is 8.27. The predicted molar refractivity (Wildman–Crippen MR) is 237 cm³/mol. The molecular formula is C44H62N8O7S2. The van der Waals surface area contributed by atoms with Gasteiger partial charge >= 0.3 is 20.4 Å². The minimum Gasteiger partial charge on any atom is -0.380 e. The first-order valence-electron chi connectivity index (χ1n) is 21.9. The summed E-state index contributed by atoms with van der Waals surface area (Å²) in [5.74, 6) is 1.39. The maximum Gasteiger partial charge on any atom is 0.307 e. The van der Waals surface area contributed by atoms with Gasteiger partial charge in [-0.05, 0) is 91.5 Å². The fraction of sp³-hybridized carbons (Fsp3) is 0.591. The topological polar surface area (TPSA) is 150 Å². The summed E-state index contributed by atoms with van der Waals surface area (Å²) >= 11 is 0. The molecule has 0 bridgehead atoms. The predicted octanol–water partition coefficient (Wildman–Crippen LogP) is 4.13. The van der Waals surface area contributed by atoms with E-state index in [2.05, 4.69) is 24.1 Å². The molecule has 0 saturated carbocycles. The molecule has 61 heavy (non-hydrogen) atoms. The highest BCUT2D eigenvalue weighted by Gasteiger charge is 2.35. The number of fused-ring (bicyclic) bond motifs is 6. The van der Waals surface area contributed by atoms with Crippen LogP contribution in [0.1, 0.15) is 89.2 Å². The quantitative estimate of drug-likeness (QED) is 0.290. The molecule has 17 heteroatoms. The lowest BCUT2D eigenvalue weighted by Crippen LogP contribution is -2.40. The van der Waals surface area contributed by atoms with Crippen molar-refractivity contribution >= 4 is 54.0 Å². The Bertz CT molecular complexity index is 2530. The van der Waals surface area contributed by atoms with E-state index in [1.807, 2.05) is 28.0 Å². The summed E-state index contributed by atoms with van der Waals surface area (Å²) in [5.41, 5.74) is 6.23. The first-order valence-corrected chi connectivity index (χ1v) is 24.7. The van der Waals surface area contributed by atoms with Crippen LogP contribution < -0.4 is 5.32 Å². The van der Waals surface area contributed by atoms with Crippen LogP contribution in [0.5, 0.6) is 0 Å². The van der Waals surface area contributed by atoms with Crippen LogP contribution in [-0.2, 0) is 51.1 Å². The number of benzene rings is 2. The van der Waals surface area contributed by atoms with Gasteiger partial charge in [0.05, 0.1) is 17.6 Å². The van der Waals surface area contributed by atoms with Crippen LogP contribution in [0.25, 0.3) is 21.8 Å². The molecule has 3 fully saturated rings. The summed E-state index contributed by atoms with van der Waals surface area (Å²) in [7, 11) is -1.10. The highest BCUT2D eigenvalue weighted by Crippen LogP contribution is 2.36. The first-order chi connectivity index (χ1) is 29.1. The van der Waals surface area contributed by atoms with E-state index in [1.54, 1.807) is 46.4 Å². The Labute approximate surface area is 360 Å². The van der Waals surface area contributed by atoms with E-state index in [0.29, 0.717) is 66.0 Å². The third-order valence-corrected chi connectivity index (χ3v) is 17.2. The largest absolute Gasteiger partial charge is 0.380 e. The van der Waals surface area contributed by atoms with Gasteiger partial charge in [0.15, 0.2) is 0 Å². The number of aromatic nitrogens is 2. The highest BCUT2D eigenvalue weighted by atomic mass is 32.2. The number of piperidine rings is 2. The number of rotatable bonds is 7. The van der Waals surface area contributed by atoms with E-state index in [9.17, 15) is 26.4 Å². The molecule has 0 spiro atoms. The second-order valence-corrected chi connectivity index (χ2v) is 22.0. The molecule has 2 amide bonds. The van der Waals surface area contributed by atoms with E-state index in [1.165, 1.54) is 16.6 Å². The molecule has 1 N–H and O–H groups in total. The smallest absolute Gasteiger partial charge is 0.307 e. The van der Waals surface area contributed by atoms with Gasteiger partial charge in [0.1, 0.15) is 0 Å². The lowest BCUT2D eigenvalue weighted by molar-refractivity contribution is 0.0689. The number of nitrogens with one attached hydrogen (secondary N) is 1. The molecule has 15 nitrogen and oxygen atoms in total. The number of nitrogens with zero attached hydrogens (tertiary/aromatic N) is 7. The summed E-state index contributed by atoms with van der Waals surface area (Å²) in [6, 6.07) is 11.3. The van der Waals surface area contributed by atoms with Gasteiger partial charge in [-0.2, -0.15) is 25.4 Å². The maximum atomic E-state index is 13.3. The van der Waals surface area contributed by atoms with E-state index in [0.717, 1.165) is 118 Å². The molecule has 2 aromatic carbocycles. The lowest BCUT2D eigenvalue weighted by atomic mass is 9.98. The molecule has 0 radical (unpaired) electrons. The summed E-state index contributed by atoms with van der Waals surface area (Å²) in [6.45, 7) is 11.9. The number of carbonyl (C=O) groups is 2. The molecule has 5 aliphatic rings. The second kappa shape index (κ2) is 17.4. The molecule has 7 heterocycles. The summed E-state index contributed by atoms with van der Waals surface area (Å²) in [6.07, 6.45) is 6.42. The van der Waals surface area contributed by atoms with Crippen LogP contribution in [0.4, 0.5) is 0 Å². The van der Waals surface area contributed by atoms with Gasteiger partial charge in [-0.1, -0.05) is 13.8 Å². The minimum absolute atomic E-state index is 0.0366. The van der Waals surface area contributed by atoms with Gasteiger partial charge in [0.2, 0.25) is 0 Å². The molecule has 2 aromatic heterocycles. The lowest BCUT2D eigenvalue weighted by Gasteiger charge is -2.32. The average Bonchev–Trinajstić information content (AvgIpc) is 3.99. The molecular weight excluding hydrogens is 817 g/mol. The Morgan fingerprint density at radius 2 is 1.16 bits per heavy atom. The van der Waals surface area contributed by atoms with Crippen LogP contribution in [0.3, 0.4) is 0 Å². The molecule has 9 rings (SSSR count). The van der Waals surface area contributed by atoms with Gasteiger partial charge < -0.3 is 19.9 Å². The van der Waals surface area contributed by atoms with Crippen molar-refractivity contribution in [3.05, 3.63) is 70.0 Å². The van der Waals surface area contributed by atoms with Gasteiger partial charge in [-0.15, -0.1) is 0 Å². The van der Waals surface area contributed by atoms with Crippen LogP contribution in [0.15, 0.2) is 36.4 Å².